The number of aryl methyl sites for hydroxylation is 1. The zero-order valence-electron chi connectivity index (χ0n) is 16.1. The highest BCUT2D eigenvalue weighted by Crippen LogP contribution is 2.38. The van der Waals surface area contributed by atoms with Gasteiger partial charge in [0.1, 0.15) is 17.9 Å². The van der Waals surface area contributed by atoms with E-state index in [0.717, 1.165) is 23.6 Å². The molecule has 1 aliphatic carbocycles. The summed E-state index contributed by atoms with van der Waals surface area (Å²) in [5, 5.41) is 7.32. The molecule has 8 nitrogen and oxygen atoms in total. The van der Waals surface area contributed by atoms with Crippen LogP contribution in [0.1, 0.15) is 51.6 Å². The highest BCUT2D eigenvalue weighted by molar-refractivity contribution is 5.95. The van der Waals surface area contributed by atoms with Crippen molar-refractivity contribution in [1.29, 1.82) is 5.26 Å². The van der Waals surface area contributed by atoms with Crippen LogP contribution in [-0.4, -0.2) is 37.4 Å². The highest BCUT2D eigenvalue weighted by atomic mass is 15.3. The summed E-state index contributed by atoms with van der Waals surface area (Å²) >= 11 is 0. The Kier molecular flexibility index (Phi) is 5.69. The molecule has 2 aromatic rings. The average Bonchev–Trinajstić information content (AvgIpc) is 3.32. The summed E-state index contributed by atoms with van der Waals surface area (Å²) in [4.78, 5) is 20.5. The lowest BCUT2D eigenvalue weighted by Gasteiger charge is -2.39. The predicted octanol–water partition coefficient (Wildman–Crippen LogP) is 3.03. The van der Waals surface area contributed by atoms with Gasteiger partial charge in [0.25, 0.3) is 0 Å². The first-order valence-corrected chi connectivity index (χ1v) is 9.40. The second-order valence-corrected chi connectivity index (χ2v) is 6.83. The van der Waals surface area contributed by atoms with Gasteiger partial charge in [-0.15, -0.1) is 0 Å². The Hall–Kier alpha value is -2.95. The van der Waals surface area contributed by atoms with Crippen LogP contribution >= 0.6 is 0 Å². The van der Waals surface area contributed by atoms with Crippen molar-refractivity contribution in [1.82, 2.24) is 19.5 Å². The van der Waals surface area contributed by atoms with Crippen LogP contribution in [0.15, 0.2) is 23.7 Å². The number of imidazole rings is 1. The summed E-state index contributed by atoms with van der Waals surface area (Å²) in [5.41, 5.74) is 7.96. The standard InChI is InChI=1S/C17H23N7.C2H3N/c1-3-14-15(18)21-13-8-19-17(23-9-11(2)20-10-23)22-16(13)24(14)12-6-4-5-7-12;1-2-3/h8-10,12,14H,3-7H2,1-2H3,(H2,18,21);1H3/t14-;/m1./s1. The number of hydrogen-bond donors (Lipinski definition) is 1. The normalized spacial score (nSPS) is 19.0. The molecule has 2 aromatic heterocycles. The number of anilines is 1. The Morgan fingerprint density at radius 1 is 1.30 bits per heavy atom. The lowest BCUT2D eigenvalue weighted by atomic mass is 10.1. The molecule has 3 heterocycles. The molecular weight excluding hydrogens is 340 g/mol. The molecule has 0 radical (unpaired) electrons. The molecule has 4 rings (SSSR count). The third-order valence-corrected chi connectivity index (χ3v) is 4.96. The molecule has 0 bridgehead atoms. The van der Waals surface area contributed by atoms with Gasteiger partial charge in [0.15, 0.2) is 5.82 Å². The van der Waals surface area contributed by atoms with Crippen LogP contribution in [0.2, 0.25) is 0 Å². The zero-order valence-corrected chi connectivity index (χ0v) is 16.1. The topological polar surface area (TPSA) is 109 Å². The Balaban J connectivity index is 0.000000659. The maximum Gasteiger partial charge on any atom is 0.237 e. The minimum Gasteiger partial charge on any atom is -0.385 e. The molecule has 142 valence electrons. The largest absolute Gasteiger partial charge is 0.385 e. The maximum absolute atomic E-state index is 7.32. The molecule has 8 heteroatoms. The van der Waals surface area contributed by atoms with E-state index in [2.05, 4.69) is 26.8 Å². The first kappa shape index (κ1) is 18.8. The third kappa shape index (κ3) is 3.77. The number of nitrogens with two attached hydrogens (primary N) is 1. The van der Waals surface area contributed by atoms with Crippen LogP contribution in [0.4, 0.5) is 11.5 Å². The lowest BCUT2D eigenvalue weighted by Crippen LogP contribution is -2.51. The van der Waals surface area contributed by atoms with Crippen LogP contribution in [0.5, 0.6) is 0 Å². The van der Waals surface area contributed by atoms with Crippen LogP contribution in [0.25, 0.3) is 5.95 Å². The number of hydrogen-bond acceptors (Lipinski definition) is 7. The summed E-state index contributed by atoms with van der Waals surface area (Å²) in [6.07, 6.45) is 11.3. The minimum absolute atomic E-state index is 0.118. The first-order valence-electron chi connectivity index (χ1n) is 9.40. The van der Waals surface area contributed by atoms with Gasteiger partial charge in [-0.05, 0) is 26.2 Å². The Morgan fingerprint density at radius 2 is 2.00 bits per heavy atom. The molecule has 1 aliphatic heterocycles. The van der Waals surface area contributed by atoms with E-state index in [9.17, 15) is 0 Å². The molecule has 0 aromatic carbocycles. The summed E-state index contributed by atoms with van der Waals surface area (Å²) in [7, 11) is 0. The molecule has 27 heavy (non-hydrogen) atoms. The minimum atomic E-state index is 0.118. The van der Waals surface area contributed by atoms with Crippen molar-refractivity contribution in [3.8, 4) is 12.0 Å². The van der Waals surface area contributed by atoms with E-state index < -0.39 is 0 Å². The van der Waals surface area contributed by atoms with Gasteiger partial charge in [-0.3, -0.25) is 4.57 Å². The lowest BCUT2D eigenvalue weighted by molar-refractivity contribution is 0.550. The fourth-order valence-electron chi connectivity index (χ4n) is 3.80. The molecule has 2 N–H and O–H groups in total. The van der Waals surface area contributed by atoms with E-state index >= 15 is 0 Å². The molecule has 1 fully saturated rings. The van der Waals surface area contributed by atoms with Gasteiger partial charge in [0.05, 0.1) is 24.0 Å². The number of rotatable bonds is 3. The number of nitrogens with zero attached hydrogens (tertiary/aromatic N) is 7. The Morgan fingerprint density at radius 3 is 2.59 bits per heavy atom. The molecule has 2 aliphatic rings. The molecule has 1 atom stereocenters. The highest BCUT2D eigenvalue weighted by Gasteiger charge is 2.35. The summed E-state index contributed by atoms with van der Waals surface area (Å²) in [6, 6.07) is 2.35. The van der Waals surface area contributed by atoms with Crippen molar-refractivity contribution in [2.75, 3.05) is 4.90 Å². The number of aliphatic imine (C=N–C) groups is 1. The van der Waals surface area contributed by atoms with Crippen LogP contribution in [0, 0.1) is 18.3 Å². The van der Waals surface area contributed by atoms with Gasteiger partial charge in [0.2, 0.25) is 5.95 Å². The third-order valence-electron chi connectivity index (χ3n) is 4.96. The second-order valence-electron chi connectivity index (χ2n) is 6.83. The van der Waals surface area contributed by atoms with Crippen LogP contribution in [-0.2, 0) is 0 Å². The zero-order chi connectivity index (χ0) is 19.4. The molecular formula is C19H26N8. The molecule has 0 saturated heterocycles. The van der Waals surface area contributed by atoms with Crippen LogP contribution < -0.4 is 10.6 Å². The van der Waals surface area contributed by atoms with E-state index in [0.29, 0.717) is 17.8 Å². The number of aromatic nitrogens is 4. The van der Waals surface area contributed by atoms with Gasteiger partial charge >= 0.3 is 0 Å². The number of amidine groups is 1. The second kappa shape index (κ2) is 8.16. The predicted molar refractivity (Wildman–Crippen MR) is 105 cm³/mol. The Labute approximate surface area is 159 Å². The van der Waals surface area contributed by atoms with Gasteiger partial charge in [0, 0.05) is 19.2 Å². The maximum atomic E-state index is 7.32. The van der Waals surface area contributed by atoms with Crippen molar-refractivity contribution in [3.05, 3.63) is 24.4 Å². The summed E-state index contributed by atoms with van der Waals surface area (Å²) in [6.45, 7) is 5.54. The van der Waals surface area contributed by atoms with Crippen molar-refractivity contribution in [2.45, 2.75) is 65.0 Å². The summed E-state index contributed by atoms with van der Waals surface area (Å²) in [5.74, 6) is 2.20. The molecule has 1 saturated carbocycles. The van der Waals surface area contributed by atoms with E-state index in [1.807, 2.05) is 17.7 Å². The Bertz CT molecular complexity index is 857. The van der Waals surface area contributed by atoms with Gasteiger partial charge in [-0.2, -0.15) is 10.2 Å². The van der Waals surface area contributed by atoms with E-state index in [4.69, 9.17) is 16.0 Å². The number of nitriles is 1. The fourth-order valence-corrected chi connectivity index (χ4v) is 3.80. The van der Waals surface area contributed by atoms with E-state index in [-0.39, 0.29) is 6.04 Å². The van der Waals surface area contributed by atoms with Gasteiger partial charge in [-0.25, -0.2) is 15.0 Å². The molecule has 0 spiro atoms. The number of fused-ring (bicyclic) bond motifs is 1. The fraction of sp³-hybridized carbons (Fsp3) is 0.526. The monoisotopic (exact) mass is 366 g/mol. The SMILES string of the molecule is CC#N.CC[C@@H]1C(N)=Nc2cnc(-n3cnc(C)c3)nc2N1C1CCCC1. The molecule has 0 unspecified atom stereocenters. The quantitative estimate of drug-likeness (QED) is 0.894. The van der Waals surface area contributed by atoms with Crippen molar-refractivity contribution < 1.29 is 0 Å². The van der Waals surface area contributed by atoms with Crippen molar-refractivity contribution >= 4 is 17.3 Å². The smallest absolute Gasteiger partial charge is 0.237 e. The van der Waals surface area contributed by atoms with Crippen molar-refractivity contribution in [2.24, 2.45) is 10.7 Å². The van der Waals surface area contributed by atoms with Gasteiger partial charge in [-0.1, -0.05) is 19.8 Å². The van der Waals surface area contributed by atoms with E-state index in [1.165, 1.54) is 32.6 Å². The van der Waals surface area contributed by atoms with E-state index in [1.54, 1.807) is 18.6 Å². The first-order chi connectivity index (χ1) is 13.1. The summed E-state index contributed by atoms with van der Waals surface area (Å²) < 4.78 is 1.85. The molecule has 0 amide bonds. The van der Waals surface area contributed by atoms with Crippen LogP contribution in [0.3, 0.4) is 0 Å². The average molecular weight is 366 g/mol. The van der Waals surface area contributed by atoms with Crippen molar-refractivity contribution in [3.63, 3.8) is 0 Å². The van der Waals surface area contributed by atoms with Gasteiger partial charge < -0.3 is 10.6 Å².